The van der Waals surface area contributed by atoms with E-state index in [-0.39, 0.29) is 10.8 Å². The largest absolute Gasteiger partial charge is 0.457 e. The standard InChI is InChI=1S/C82H58N2O2/c1-79(2)60-24-5-9-28-64(60)81(65-29-10-6-25-61(65)79)68-32-13-16-36-75(68)86-78-49-56(43-45-71(78)81)59-50-74(84-73-35-15-4-23-58(59)73)53-40-38-52(39-41-53)51-80(3)62-26-7-11-30-66(62)82(67-31-12-8-27-63(67)80)69-33-14-17-37-76(69)85-77-48-55(42-44-70(77)82)54-21-20-22-57(47-54)72-34-18-19-46-83-72/h4-50H,51H2,1-3H3. The third-order valence-electron chi connectivity index (χ3n) is 19.6. The Morgan fingerprint density at radius 1 is 0.314 bits per heavy atom. The highest BCUT2D eigenvalue weighted by atomic mass is 16.5. The average molecular weight is 1100 g/mol. The van der Waals surface area contributed by atoms with E-state index in [1.165, 1.54) is 50.1 Å². The lowest BCUT2D eigenvalue weighted by atomic mass is 9.52. The number of aromatic nitrogens is 2. The predicted molar refractivity (Wildman–Crippen MR) is 347 cm³/mol. The summed E-state index contributed by atoms with van der Waals surface area (Å²) in [6, 6.07) is 102. The zero-order valence-electron chi connectivity index (χ0n) is 48.1. The molecule has 2 spiro atoms. The summed E-state index contributed by atoms with van der Waals surface area (Å²) in [6.07, 6.45) is 2.64. The van der Waals surface area contributed by atoms with E-state index in [9.17, 15) is 0 Å². The van der Waals surface area contributed by atoms with Gasteiger partial charge in [-0.25, -0.2) is 4.98 Å². The fourth-order valence-corrected chi connectivity index (χ4v) is 15.8. The second-order valence-corrected chi connectivity index (χ2v) is 24.5. The van der Waals surface area contributed by atoms with Gasteiger partial charge in [0.1, 0.15) is 23.0 Å². The van der Waals surface area contributed by atoms with Crippen LogP contribution in [-0.4, -0.2) is 9.97 Å². The molecule has 0 fully saturated rings. The number of hydrogen-bond acceptors (Lipinski definition) is 4. The Kier molecular flexibility index (Phi) is 11.0. The van der Waals surface area contributed by atoms with Crippen LogP contribution in [0.4, 0.5) is 0 Å². The van der Waals surface area contributed by atoms with E-state index in [2.05, 4.69) is 293 Å². The van der Waals surface area contributed by atoms with Crippen LogP contribution >= 0.6 is 0 Å². The van der Waals surface area contributed by atoms with Crippen molar-refractivity contribution >= 4 is 10.9 Å². The van der Waals surface area contributed by atoms with E-state index in [4.69, 9.17) is 14.5 Å². The van der Waals surface area contributed by atoms with Crippen molar-refractivity contribution in [3.63, 3.8) is 0 Å². The molecular weight excluding hydrogens is 1040 g/mol. The summed E-state index contributed by atoms with van der Waals surface area (Å²) in [5, 5.41) is 1.09. The molecule has 17 rings (SSSR count). The molecule has 0 saturated heterocycles. The Hall–Kier alpha value is -10.4. The lowest BCUT2D eigenvalue weighted by molar-refractivity contribution is 0.421. The van der Waals surface area contributed by atoms with Gasteiger partial charge in [0.15, 0.2) is 0 Å². The van der Waals surface area contributed by atoms with Gasteiger partial charge >= 0.3 is 0 Å². The smallest absolute Gasteiger partial charge is 0.132 e. The monoisotopic (exact) mass is 1100 g/mol. The Morgan fingerprint density at radius 2 is 0.767 bits per heavy atom. The number of benzene rings is 11. The van der Waals surface area contributed by atoms with E-state index < -0.39 is 10.8 Å². The number of nitrogens with zero attached hydrogens (tertiary/aromatic N) is 2. The van der Waals surface area contributed by atoms with E-state index in [0.717, 1.165) is 107 Å². The van der Waals surface area contributed by atoms with Crippen molar-refractivity contribution in [1.82, 2.24) is 9.97 Å². The Balaban J connectivity index is 0.750. The highest BCUT2D eigenvalue weighted by molar-refractivity contribution is 5.97. The highest BCUT2D eigenvalue weighted by Gasteiger charge is 2.55. The minimum absolute atomic E-state index is 0.195. The molecule has 86 heavy (non-hydrogen) atoms. The first-order chi connectivity index (χ1) is 42.2. The number of fused-ring (bicyclic) bond motifs is 17. The fraction of sp³-hybridized carbons (Fsp3) is 0.0976. The van der Waals surface area contributed by atoms with E-state index in [0.29, 0.717) is 0 Å². The van der Waals surface area contributed by atoms with Crippen LogP contribution in [0.15, 0.2) is 285 Å². The van der Waals surface area contributed by atoms with Gasteiger partial charge in [-0.2, -0.15) is 0 Å². The normalized spacial score (nSPS) is 15.3. The van der Waals surface area contributed by atoms with Gasteiger partial charge in [0, 0.05) is 55.8 Å². The minimum Gasteiger partial charge on any atom is -0.457 e. The zero-order valence-corrected chi connectivity index (χ0v) is 48.1. The van der Waals surface area contributed by atoms with Crippen molar-refractivity contribution in [2.75, 3.05) is 0 Å². The topological polar surface area (TPSA) is 44.2 Å². The first-order valence-electron chi connectivity index (χ1n) is 30.0. The van der Waals surface area contributed by atoms with Gasteiger partial charge in [0.2, 0.25) is 0 Å². The van der Waals surface area contributed by atoms with Gasteiger partial charge in [-0.15, -0.1) is 0 Å². The van der Waals surface area contributed by atoms with Crippen LogP contribution in [0.2, 0.25) is 0 Å². The molecule has 0 N–H and O–H groups in total. The maximum absolute atomic E-state index is 7.08. The van der Waals surface area contributed by atoms with Crippen LogP contribution in [0, 0.1) is 0 Å². The van der Waals surface area contributed by atoms with Crippen LogP contribution in [0.25, 0.3) is 55.7 Å². The van der Waals surface area contributed by atoms with Gasteiger partial charge in [0.25, 0.3) is 0 Å². The van der Waals surface area contributed by atoms with E-state index >= 15 is 0 Å². The third-order valence-corrected chi connectivity index (χ3v) is 19.6. The fourth-order valence-electron chi connectivity index (χ4n) is 15.8. The maximum atomic E-state index is 7.08. The Morgan fingerprint density at radius 3 is 1.36 bits per heavy atom. The van der Waals surface area contributed by atoms with Crippen molar-refractivity contribution in [2.24, 2.45) is 0 Å². The Labute approximate surface area is 501 Å². The van der Waals surface area contributed by atoms with E-state index in [1.807, 2.05) is 18.3 Å². The van der Waals surface area contributed by atoms with Crippen LogP contribution in [-0.2, 0) is 28.1 Å². The number of rotatable bonds is 6. The third kappa shape index (κ3) is 7.10. The molecule has 4 nitrogen and oxygen atoms in total. The van der Waals surface area contributed by atoms with Gasteiger partial charge in [-0.1, -0.05) is 245 Å². The average Bonchev–Trinajstić information content (AvgIpc) is 0.703. The molecule has 0 bridgehead atoms. The van der Waals surface area contributed by atoms with Crippen LogP contribution in [0.3, 0.4) is 0 Å². The van der Waals surface area contributed by atoms with Gasteiger partial charge in [0.05, 0.1) is 27.7 Å². The van der Waals surface area contributed by atoms with Gasteiger partial charge in [-0.3, -0.25) is 4.98 Å². The van der Waals surface area contributed by atoms with Crippen molar-refractivity contribution in [3.8, 4) is 67.8 Å². The second-order valence-electron chi connectivity index (χ2n) is 24.5. The van der Waals surface area contributed by atoms with Crippen molar-refractivity contribution in [1.29, 1.82) is 0 Å². The summed E-state index contributed by atoms with van der Waals surface area (Å²) in [6.45, 7) is 7.17. The molecule has 0 amide bonds. The first-order valence-corrected chi connectivity index (χ1v) is 30.0. The highest BCUT2D eigenvalue weighted by Crippen LogP contribution is 2.64. The zero-order chi connectivity index (χ0) is 57.4. The Bertz CT molecular complexity index is 4820. The minimum atomic E-state index is -0.644. The SMILES string of the molecule is CC1(C)c2ccccc2C2(c3ccccc3Oc3cc(-c4cc(-c5ccc(CC6(C)c7ccccc7C7(c8ccccc8Oc8cc(-c9cccc(-c%10ccccn%10)c9)ccc87)c7ccccc76)cc5)nc5ccccc45)ccc32)c2ccccc21. The summed E-state index contributed by atoms with van der Waals surface area (Å²) < 4.78 is 14.1. The first kappa shape index (κ1) is 50.1. The molecule has 2 aromatic heterocycles. The van der Waals surface area contributed by atoms with Gasteiger partial charge in [-0.05, 0) is 133 Å². The summed E-state index contributed by atoms with van der Waals surface area (Å²) in [5.41, 5.74) is 23.8. The van der Waals surface area contributed by atoms with Crippen LogP contribution < -0.4 is 9.47 Å². The molecule has 2 aliphatic heterocycles. The van der Waals surface area contributed by atoms with E-state index in [1.54, 1.807) is 0 Å². The molecule has 13 aromatic rings. The summed E-state index contributed by atoms with van der Waals surface area (Å²) in [7, 11) is 0. The number of ether oxygens (including phenoxy) is 2. The molecular formula is C82H58N2O2. The van der Waals surface area contributed by atoms with Gasteiger partial charge < -0.3 is 9.47 Å². The van der Waals surface area contributed by atoms with Crippen molar-refractivity contribution in [2.45, 2.75) is 48.9 Å². The lowest BCUT2D eigenvalue weighted by Gasteiger charge is -2.51. The molecule has 0 unspecified atom stereocenters. The molecule has 0 atom stereocenters. The number of pyridine rings is 2. The molecule has 0 saturated carbocycles. The lowest BCUT2D eigenvalue weighted by Crippen LogP contribution is -2.45. The molecule has 0 radical (unpaired) electrons. The molecule has 408 valence electrons. The van der Waals surface area contributed by atoms with Crippen LogP contribution in [0.1, 0.15) is 93.1 Å². The molecule has 4 heterocycles. The summed E-state index contributed by atoms with van der Waals surface area (Å²) in [5.74, 6) is 3.47. The summed E-state index contributed by atoms with van der Waals surface area (Å²) >= 11 is 0. The molecule has 11 aromatic carbocycles. The summed E-state index contributed by atoms with van der Waals surface area (Å²) in [4.78, 5) is 10.0. The second kappa shape index (κ2) is 18.8. The van der Waals surface area contributed by atoms with Crippen LogP contribution in [0.5, 0.6) is 23.0 Å². The molecule has 2 aliphatic carbocycles. The predicted octanol–water partition coefficient (Wildman–Crippen LogP) is 19.8. The molecule has 4 aliphatic rings. The molecule has 4 heteroatoms. The maximum Gasteiger partial charge on any atom is 0.132 e. The van der Waals surface area contributed by atoms with Crippen molar-refractivity contribution < 1.29 is 9.47 Å². The van der Waals surface area contributed by atoms with Crippen molar-refractivity contribution in [3.05, 3.63) is 358 Å². The quantitative estimate of drug-likeness (QED) is 0.166. The number of para-hydroxylation sites is 3. The number of hydrogen-bond donors (Lipinski definition) is 0.